The van der Waals surface area contributed by atoms with Crippen molar-refractivity contribution in [2.24, 2.45) is 0 Å². The molecule has 0 bridgehead atoms. The van der Waals surface area contributed by atoms with Gasteiger partial charge < -0.3 is 9.22 Å². The van der Waals surface area contributed by atoms with Crippen LogP contribution in [0.15, 0.2) is 12.8 Å². The molecule has 0 unspecified atom stereocenters. The lowest BCUT2D eigenvalue weighted by molar-refractivity contribution is -0.866. The second kappa shape index (κ2) is 5.75. The molecule has 0 aromatic rings. The Morgan fingerprint density at radius 1 is 1.46 bits per heavy atom. The van der Waals surface area contributed by atoms with Crippen LogP contribution >= 0.6 is 0 Å². The van der Waals surface area contributed by atoms with Gasteiger partial charge in [-0.05, 0) is 6.42 Å². The summed E-state index contributed by atoms with van der Waals surface area (Å²) in [6, 6.07) is 0. The number of ether oxygens (including phenoxy) is 1. The second-order valence-electron chi connectivity index (χ2n) is 3.96. The third-order valence-corrected chi connectivity index (χ3v) is 1.44. The predicted octanol–water partition coefficient (Wildman–Crippen LogP) is 1.36. The van der Waals surface area contributed by atoms with Crippen molar-refractivity contribution in [3.63, 3.8) is 0 Å². The molecule has 0 rings (SSSR count). The quantitative estimate of drug-likeness (QED) is 0.270. The molecule has 0 aromatic carbocycles. The highest BCUT2D eigenvalue weighted by Crippen LogP contribution is 2.00. The van der Waals surface area contributed by atoms with E-state index in [0.717, 1.165) is 17.4 Å². The Morgan fingerprint density at radius 3 is 2.54 bits per heavy atom. The van der Waals surface area contributed by atoms with Crippen molar-refractivity contribution in [2.75, 3.05) is 27.7 Å². The highest BCUT2D eigenvalue weighted by Gasteiger charge is 2.07. The molecule has 0 saturated carbocycles. The number of hydrogen-bond acceptors (Lipinski definition) is 2. The first-order valence-electron chi connectivity index (χ1n) is 4.38. The summed E-state index contributed by atoms with van der Waals surface area (Å²) in [7, 11) is 6.33. The molecular weight excluding hydrogens is 166 g/mol. The van der Waals surface area contributed by atoms with Crippen LogP contribution in [0, 0.1) is 6.42 Å². The first-order valence-corrected chi connectivity index (χ1v) is 4.38. The van der Waals surface area contributed by atoms with Gasteiger partial charge in [0, 0.05) is 12.8 Å². The SMILES string of the molecule is C=COC(=O)CC[CH]C[N+](C)(C)C. The maximum absolute atomic E-state index is 10.8. The highest BCUT2D eigenvalue weighted by atomic mass is 16.5. The molecule has 0 aliphatic rings. The van der Waals surface area contributed by atoms with Crippen LogP contribution in [-0.2, 0) is 9.53 Å². The summed E-state index contributed by atoms with van der Waals surface area (Å²) in [4.78, 5) is 10.8. The lowest BCUT2D eigenvalue weighted by Gasteiger charge is -2.23. The minimum atomic E-state index is -0.215. The van der Waals surface area contributed by atoms with Crippen molar-refractivity contribution < 1.29 is 14.0 Å². The minimum absolute atomic E-state index is 0.215. The molecule has 0 aliphatic carbocycles. The second-order valence-corrected chi connectivity index (χ2v) is 3.96. The molecule has 3 nitrogen and oxygen atoms in total. The van der Waals surface area contributed by atoms with Gasteiger partial charge in [-0.2, -0.15) is 0 Å². The van der Waals surface area contributed by atoms with E-state index in [-0.39, 0.29) is 5.97 Å². The van der Waals surface area contributed by atoms with Gasteiger partial charge in [-0.1, -0.05) is 6.58 Å². The Balaban J connectivity index is 3.36. The molecule has 13 heavy (non-hydrogen) atoms. The molecule has 75 valence electrons. The van der Waals surface area contributed by atoms with Crippen LogP contribution in [0.2, 0.25) is 0 Å². The Labute approximate surface area is 80.6 Å². The topological polar surface area (TPSA) is 26.3 Å². The van der Waals surface area contributed by atoms with Crippen molar-refractivity contribution in [3.05, 3.63) is 19.3 Å². The average Bonchev–Trinajstić information content (AvgIpc) is 1.97. The van der Waals surface area contributed by atoms with E-state index in [4.69, 9.17) is 0 Å². The zero-order valence-corrected chi connectivity index (χ0v) is 8.75. The lowest BCUT2D eigenvalue weighted by atomic mass is 10.2. The van der Waals surface area contributed by atoms with E-state index >= 15 is 0 Å². The number of unbranched alkanes of at least 4 members (excludes halogenated alkanes) is 1. The van der Waals surface area contributed by atoms with E-state index in [1.54, 1.807) is 0 Å². The Hall–Kier alpha value is -0.830. The Morgan fingerprint density at radius 2 is 2.08 bits per heavy atom. The number of rotatable bonds is 6. The van der Waals surface area contributed by atoms with E-state index in [1.807, 2.05) is 0 Å². The molecule has 1 radical (unpaired) electrons. The van der Waals surface area contributed by atoms with E-state index in [0.29, 0.717) is 6.42 Å². The molecule has 0 saturated heterocycles. The van der Waals surface area contributed by atoms with Gasteiger partial charge in [0.05, 0.1) is 33.9 Å². The smallest absolute Gasteiger partial charge is 0.310 e. The fourth-order valence-corrected chi connectivity index (χ4v) is 0.850. The number of hydrogen-bond donors (Lipinski definition) is 0. The number of carbonyl (C=O) groups excluding carboxylic acids is 1. The molecule has 0 fully saturated rings. The van der Waals surface area contributed by atoms with Crippen molar-refractivity contribution in [2.45, 2.75) is 12.8 Å². The van der Waals surface area contributed by atoms with Gasteiger partial charge in [-0.3, -0.25) is 4.79 Å². The van der Waals surface area contributed by atoms with Gasteiger partial charge in [0.1, 0.15) is 0 Å². The number of quaternary nitrogens is 1. The number of esters is 1. The van der Waals surface area contributed by atoms with E-state index in [1.165, 1.54) is 6.26 Å². The summed E-state index contributed by atoms with van der Waals surface area (Å²) >= 11 is 0. The molecule has 0 aliphatic heterocycles. The summed E-state index contributed by atoms with van der Waals surface area (Å²) in [6.45, 7) is 4.27. The first-order chi connectivity index (χ1) is 5.95. The third kappa shape index (κ3) is 9.08. The van der Waals surface area contributed by atoms with Gasteiger partial charge in [0.25, 0.3) is 0 Å². The zero-order chi connectivity index (χ0) is 10.3. The fourth-order valence-electron chi connectivity index (χ4n) is 0.850. The van der Waals surface area contributed by atoms with Crippen LogP contribution in [-0.4, -0.2) is 38.1 Å². The van der Waals surface area contributed by atoms with Gasteiger partial charge in [-0.15, -0.1) is 0 Å². The molecule has 0 amide bonds. The van der Waals surface area contributed by atoms with Gasteiger partial charge >= 0.3 is 5.97 Å². The summed E-state index contributed by atoms with van der Waals surface area (Å²) in [5.74, 6) is -0.215. The van der Waals surface area contributed by atoms with Crippen LogP contribution in [0.25, 0.3) is 0 Å². The maximum atomic E-state index is 10.8. The van der Waals surface area contributed by atoms with E-state index in [9.17, 15) is 4.79 Å². The van der Waals surface area contributed by atoms with Crippen molar-refractivity contribution in [1.82, 2.24) is 0 Å². The summed E-state index contributed by atoms with van der Waals surface area (Å²) < 4.78 is 5.46. The third-order valence-electron chi connectivity index (χ3n) is 1.44. The van der Waals surface area contributed by atoms with E-state index < -0.39 is 0 Å². The minimum Gasteiger partial charge on any atom is -0.435 e. The molecular formula is C10H19NO2+. The maximum Gasteiger partial charge on any atom is 0.310 e. The molecule has 0 N–H and O–H groups in total. The normalized spacial score (nSPS) is 11.0. The van der Waals surface area contributed by atoms with Gasteiger partial charge in [0.2, 0.25) is 0 Å². The highest BCUT2D eigenvalue weighted by molar-refractivity contribution is 5.69. The molecule has 3 heteroatoms. The standard InChI is InChI=1S/C10H19NO2/c1-5-13-10(12)8-6-7-9-11(2,3)4/h5,7H,1,6,8-9H2,2-4H3/q+1. The first kappa shape index (κ1) is 12.2. The van der Waals surface area contributed by atoms with Crippen LogP contribution in [0.3, 0.4) is 0 Å². The molecule has 0 spiro atoms. The largest absolute Gasteiger partial charge is 0.435 e. The summed E-state index contributed by atoms with van der Waals surface area (Å²) in [5, 5.41) is 0. The van der Waals surface area contributed by atoms with Crippen LogP contribution in [0.5, 0.6) is 0 Å². The van der Waals surface area contributed by atoms with Crippen molar-refractivity contribution in [1.29, 1.82) is 0 Å². The lowest BCUT2D eigenvalue weighted by Crippen LogP contribution is -2.35. The number of nitrogens with zero attached hydrogens (tertiary/aromatic N) is 1. The van der Waals surface area contributed by atoms with Gasteiger partial charge in [0.15, 0.2) is 0 Å². The average molecular weight is 185 g/mol. The van der Waals surface area contributed by atoms with Crippen molar-refractivity contribution in [3.8, 4) is 0 Å². The monoisotopic (exact) mass is 185 g/mol. The Kier molecular flexibility index (Phi) is 5.39. The predicted molar refractivity (Wildman–Crippen MR) is 52.7 cm³/mol. The van der Waals surface area contributed by atoms with Crippen LogP contribution in [0.4, 0.5) is 0 Å². The summed E-state index contributed by atoms with van der Waals surface area (Å²) in [5.41, 5.74) is 0. The van der Waals surface area contributed by atoms with Crippen LogP contribution in [0.1, 0.15) is 12.8 Å². The summed E-state index contributed by atoms with van der Waals surface area (Å²) in [6.07, 6.45) is 4.47. The van der Waals surface area contributed by atoms with Crippen LogP contribution < -0.4 is 0 Å². The molecule has 0 aromatic heterocycles. The molecule has 0 atom stereocenters. The zero-order valence-electron chi connectivity index (χ0n) is 8.75. The number of carbonyl (C=O) groups is 1. The van der Waals surface area contributed by atoms with Gasteiger partial charge in [-0.25, -0.2) is 0 Å². The molecule has 0 heterocycles. The van der Waals surface area contributed by atoms with Crippen molar-refractivity contribution >= 4 is 5.97 Å². The Bertz CT molecular complexity index is 170. The fraction of sp³-hybridized carbons (Fsp3) is 0.600. The van der Waals surface area contributed by atoms with E-state index in [2.05, 4.69) is 38.9 Å².